The summed E-state index contributed by atoms with van der Waals surface area (Å²) in [5.41, 5.74) is 2.35. The summed E-state index contributed by atoms with van der Waals surface area (Å²) >= 11 is 7.47. The maximum atomic E-state index is 12.6. The number of carbonyl (C=O) groups is 1. The summed E-state index contributed by atoms with van der Waals surface area (Å²) in [6, 6.07) is 7.04. The highest BCUT2D eigenvalue weighted by Crippen LogP contribution is 2.37. The fourth-order valence-corrected chi connectivity index (χ4v) is 5.94. The van der Waals surface area contributed by atoms with E-state index in [1.807, 2.05) is 4.90 Å². The van der Waals surface area contributed by atoms with Crippen LogP contribution < -0.4 is 10.2 Å². The molecule has 10 heteroatoms. The van der Waals surface area contributed by atoms with Gasteiger partial charge in [-0.1, -0.05) is 18.0 Å². The third-order valence-corrected chi connectivity index (χ3v) is 7.73. The van der Waals surface area contributed by atoms with Gasteiger partial charge >= 0.3 is 0 Å². The molecule has 1 aromatic heterocycles. The van der Waals surface area contributed by atoms with Gasteiger partial charge in [0.05, 0.1) is 10.5 Å². The van der Waals surface area contributed by atoms with Gasteiger partial charge in [0.1, 0.15) is 16.8 Å². The van der Waals surface area contributed by atoms with E-state index in [2.05, 4.69) is 16.3 Å². The highest BCUT2D eigenvalue weighted by Gasteiger charge is 2.25. The molecule has 0 spiro atoms. The molecule has 0 unspecified atom stereocenters. The minimum atomic E-state index is -0.405. The number of benzene rings is 1. The fourth-order valence-electron chi connectivity index (χ4n) is 4.52. The van der Waals surface area contributed by atoms with Crippen LogP contribution in [0, 0.1) is 21.4 Å². The maximum absolute atomic E-state index is 12.6. The van der Waals surface area contributed by atoms with Crippen molar-refractivity contribution in [2.45, 2.75) is 38.5 Å². The zero-order valence-corrected chi connectivity index (χ0v) is 19.9. The summed E-state index contributed by atoms with van der Waals surface area (Å²) in [6.45, 7) is 3.31. The number of hydrogen-bond donors (Lipinski definition) is 1. The third-order valence-electron chi connectivity index (χ3n) is 6.29. The molecule has 1 N–H and O–H groups in total. The van der Waals surface area contributed by atoms with Gasteiger partial charge in [-0.2, -0.15) is 5.26 Å². The molecule has 8 nitrogen and oxygen atoms in total. The lowest BCUT2D eigenvalue weighted by atomic mass is 10.1. The SMILES string of the molecule is N#Cc1c(NC(=O)CCN2CCN(c3ccc(Cl)cc3[N+](=O)[O-])CC2)sc2c1CCCCC2. The minimum absolute atomic E-state index is 0.0120. The summed E-state index contributed by atoms with van der Waals surface area (Å²) in [6.07, 6.45) is 5.66. The molecule has 2 heterocycles. The van der Waals surface area contributed by atoms with E-state index in [-0.39, 0.29) is 11.6 Å². The van der Waals surface area contributed by atoms with E-state index >= 15 is 0 Å². The number of hydrogen-bond acceptors (Lipinski definition) is 7. The lowest BCUT2D eigenvalue weighted by molar-refractivity contribution is -0.384. The van der Waals surface area contributed by atoms with Crippen molar-refractivity contribution in [3.63, 3.8) is 0 Å². The van der Waals surface area contributed by atoms with E-state index in [0.717, 1.165) is 31.2 Å². The number of nitriles is 1. The molecular formula is C23H26ClN5O3S. The van der Waals surface area contributed by atoms with Crippen LogP contribution in [0.3, 0.4) is 0 Å². The first-order valence-corrected chi connectivity index (χ1v) is 12.4. The number of rotatable bonds is 6. The monoisotopic (exact) mass is 487 g/mol. The highest BCUT2D eigenvalue weighted by molar-refractivity contribution is 7.16. The van der Waals surface area contributed by atoms with Gasteiger partial charge in [-0.3, -0.25) is 19.8 Å². The zero-order chi connectivity index (χ0) is 23.4. The summed E-state index contributed by atoms with van der Waals surface area (Å²) in [4.78, 5) is 29.0. The van der Waals surface area contributed by atoms with Gasteiger partial charge in [0.25, 0.3) is 5.69 Å². The Hall–Kier alpha value is -2.67. The van der Waals surface area contributed by atoms with Crippen molar-refractivity contribution in [3.8, 4) is 6.07 Å². The largest absolute Gasteiger partial charge is 0.363 e. The molecule has 1 aromatic carbocycles. The number of halogens is 1. The van der Waals surface area contributed by atoms with Crippen molar-refractivity contribution in [3.05, 3.63) is 49.3 Å². The lowest BCUT2D eigenvalue weighted by Crippen LogP contribution is -2.47. The number of nitro groups is 1. The van der Waals surface area contributed by atoms with Gasteiger partial charge in [-0.15, -0.1) is 11.3 Å². The Morgan fingerprint density at radius 2 is 1.97 bits per heavy atom. The standard InChI is InChI=1S/C23H26ClN5O3S/c24-16-6-7-19(20(14-16)29(31)32)28-12-10-27(11-13-28)9-8-22(30)26-23-18(15-25)17-4-2-1-3-5-21(17)33-23/h6-7,14H,1-5,8-13H2,(H,26,30). The van der Waals surface area contributed by atoms with Crippen LogP contribution in [0.2, 0.25) is 5.02 Å². The number of piperazine rings is 1. The summed E-state index contributed by atoms with van der Waals surface area (Å²) in [5, 5.41) is 25.0. The Kier molecular flexibility index (Phi) is 7.48. The number of anilines is 2. The second kappa shape index (κ2) is 10.5. The van der Waals surface area contributed by atoms with Crippen LogP contribution in [-0.4, -0.2) is 48.5 Å². The number of nitrogens with one attached hydrogen (secondary N) is 1. The van der Waals surface area contributed by atoms with Gasteiger partial charge in [0.15, 0.2) is 0 Å². The quantitative estimate of drug-likeness (QED) is 0.363. The van der Waals surface area contributed by atoms with Crippen LogP contribution in [0.1, 0.15) is 41.7 Å². The van der Waals surface area contributed by atoms with E-state index in [4.69, 9.17) is 11.6 Å². The van der Waals surface area contributed by atoms with Crippen molar-refractivity contribution < 1.29 is 9.72 Å². The van der Waals surface area contributed by atoms with Crippen LogP contribution in [-0.2, 0) is 17.6 Å². The van der Waals surface area contributed by atoms with Crippen LogP contribution in [0.25, 0.3) is 0 Å². The minimum Gasteiger partial charge on any atom is -0.363 e. The molecule has 0 radical (unpaired) electrons. The van der Waals surface area contributed by atoms with Crippen molar-refractivity contribution in [2.24, 2.45) is 0 Å². The molecule has 1 saturated heterocycles. The molecule has 0 saturated carbocycles. The molecule has 4 rings (SSSR count). The fraction of sp³-hybridized carbons (Fsp3) is 0.478. The maximum Gasteiger partial charge on any atom is 0.294 e. The van der Waals surface area contributed by atoms with Gasteiger partial charge in [-0.05, 0) is 43.4 Å². The van der Waals surface area contributed by atoms with E-state index in [9.17, 15) is 20.2 Å². The number of carbonyl (C=O) groups excluding carboxylic acids is 1. The van der Waals surface area contributed by atoms with Gasteiger partial charge in [0, 0.05) is 55.1 Å². The van der Waals surface area contributed by atoms with Gasteiger partial charge in [-0.25, -0.2) is 0 Å². The number of nitrogens with zero attached hydrogens (tertiary/aromatic N) is 4. The molecule has 1 fully saturated rings. The van der Waals surface area contributed by atoms with Crippen LogP contribution in [0.15, 0.2) is 18.2 Å². The van der Waals surface area contributed by atoms with Crippen LogP contribution in [0.5, 0.6) is 0 Å². The molecule has 1 aliphatic heterocycles. The van der Waals surface area contributed by atoms with Crippen molar-refractivity contribution in [1.82, 2.24) is 4.90 Å². The van der Waals surface area contributed by atoms with Crippen molar-refractivity contribution in [2.75, 3.05) is 42.9 Å². The number of amides is 1. The smallest absolute Gasteiger partial charge is 0.294 e. The Balaban J connectivity index is 1.30. The third kappa shape index (κ3) is 5.46. The first kappa shape index (κ1) is 23.5. The normalized spacial score (nSPS) is 16.5. The van der Waals surface area contributed by atoms with Gasteiger partial charge in [0.2, 0.25) is 5.91 Å². The van der Waals surface area contributed by atoms with E-state index in [0.29, 0.717) is 60.4 Å². The predicted molar refractivity (Wildman–Crippen MR) is 130 cm³/mol. The second-order valence-corrected chi connectivity index (χ2v) is 9.94. The summed E-state index contributed by atoms with van der Waals surface area (Å²) in [7, 11) is 0. The average Bonchev–Trinajstić information content (AvgIpc) is 2.96. The number of aryl methyl sites for hydroxylation is 1. The van der Waals surface area contributed by atoms with Crippen molar-refractivity contribution >= 4 is 45.2 Å². The molecule has 1 aliphatic carbocycles. The summed E-state index contributed by atoms with van der Waals surface area (Å²) in [5.74, 6) is -0.0846. The molecular weight excluding hydrogens is 462 g/mol. The first-order chi connectivity index (χ1) is 16.0. The predicted octanol–water partition coefficient (Wildman–Crippen LogP) is 4.60. The number of fused-ring (bicyclic) bond motifs is 1. The Labute approximate surface area is 201 Å². The topological polar surface area (TPSA) is 103 Å². The first-order valence-electron chi connectivity index (χ1n) is 11.2. The zero-order valence-electron chi connectivity index (χ0n) is 18.3. The molecule has 0 bridgehead atoms. The van der Waals surface area contributed by atoms with E-state index < -0.39 is 4.92 Å². The number of nitro benzene ring substituents is 1. The second-order valence-electron chi connectivity index (χ2n) is 8.40. The van der Waals surface area contributed by atoms with E-state index in [1.165, 1.54) is 17.4 Å². The average molecular weight is 488 g/mol. The Morgan fingerprint density at radius 3 is 2.70 bits per heavy atom. The molecule has 33 heavy (non-hydrogen) atoms. The van der Waals surface area contributed by atoms with Gasteiger partial charge < -0.3 is 10.2 Å². The highest BCUT2D eigenvalue weighted by atomic mass is 35.5. The Morgan fingerprint density at radius 1 is 1.21 bits per heavy atom. The lowest BCUT2D eigenvalue weighted by Gasteiger charge is -2.35. The molecule has 174 valence electrons. The molecule has 2 aromatic rings. The van der Waals surface area contributed by atoms with Crippen molar-refractivity contribution in [1.29, 1.82) is 5.26 Å². The molecule has 2 aliphatic rings. The number of thiophene rings is 1. The van der Waals surface area contributed by atoms with Crippen LogP contribution >= 0.6 is 22.9 Å². The van der Waals surface area contributed by atoms with E-state index in [1.54, 1.807) is 23.5 Å². The molecule has 0 atom stereocenters. The van der Waals surface area contributed by atoms with Crippen LogP contribution in [0.4, 0.5) is 16.4 Å². The molecule has 1 amide bonds. The summed E-state index contributed by atoms with van der Waals surface area (Å²) < 4.78 is 0. The Bertz CT molecular complexity index is 1090.